The van der Waals surface area contributed by atoms with Crippen LogP contribution in [0.4, 0.5) is 4.39 Å². The molecule has 0 aromatic carbocycles. The van der Waals surface area contributed by atoms with Crippen molar-refractivity contribution in [2.45, 2.75) is 6.67 Å². The Morgan fingerprint density at radius 1 is 1.75 bits per heavy atom. The molecule has 0 atom stereocenters. The van der Waals surface area contributed by atoms with Crippen molar-refractivity contribution in [2.75, 3.05) is 0 Å². The number of aromatic nitrogens is 2. The quantitative estimate of drug-likeness (QED) is 0.534. The molecule has 0 amide bonds. The number of rotatable bonds is 1. The SMILES string of the molecule is FCc1ccn[c]n1. The van der Waals surface area contributed by atoms with Gasteiger partial charge in [0.05, 0.1) is 5.69 Å². The van der Waals surface area contributed by atoms with Crippen molar-refractivity contribution in [2.24, 2.45) is 0 Å². The van der Waals surface area contributed by atoms with E-state index in [0.29, 0.717) is 5.69 Å². The topological polar surface area (TPSA) is 25.8 Å². The Hall–Kier alpha value is -0.990. The summed E-state index contributed by atoms with van der Waals surface area (Å²) in [5, 5.41) is 0. The summed E-state index contributed by atoms with van der Waals surface area (Å²) in [6.45, 7) is -0.543. The van der Waals surface area contributed by atoms with Crippen molar-refractivity contribution in [1.29, 1.82) is 0 Å². The molecule has 8 heavy (non-hydrogen) atoms. The minimum absolute atomic E-state index is 0.375. The van der Waals surface area contributed by atoms with Crippen molar-refractivity contribution in [1.82, 2.24) is 9.97 Å². The zero-order valence-corrected chi connectivity index (χ0v) is 4.13. The maximum absolute atomic E-state index is 11.6. The van der Waals surface area contributed by atoms with Gasteiger partial charge in [-0.25, -0.2) is 14.4 Å². The van der Waals surface area contributed by atoms with Gasteiger partial charge in [0.15, 0.2) is 6.33 Å². The predicted molar refractivity (Wildman–Crippen MR) is 25.7 cm³/mol. The third kappa shape index (κ3) is 0.992. The van der Waals surface area contributed by atoms with Gasteiger partial charge in [-0.2, -0.15) is 0 Å². The van der Waals surface area contributed by atoms with Gasteiger partial charge < -0.3 is 0 Å². The van der Waals surface area contributed by atoms with Crippen molar-refractivity contribution in [3.63, 3.8) is 0 Å². The summed E-state index contributed by atoms with van der Waals surface area (Å²) in [5.41, 5.74) is 0.375. The summed E-state index contributed by atoms with van der Waals surface area (Å²) in [7, 11) is 0. The molecule has 1 aromatic heterocycles. The standard InChI is InChI=1S/C5H4FN2/c6-3-5-1-2-7-4-8-5/h1-2H,3H2. The van der Waals surface area contributed by atoms with E-state index in [4.69, 9.17) is 0 Å². The van der Waals surface area contributed by atoms with Gasteiger partial charge >= 0.3 is 0 Å². The van der Waals surface area contributed by atoms with Crippen molar-refractivity contribution in [3.8, 4) is 0 Å². The second-order valence-electron chi connectivity index (χ2n) is 1.28. The molecule has 0 N–H and O–H groups in total. The van der Waals surface area contributed by atoms with Crippen LogP contribution in [-0.2, 0) is 6.67 Å². The molecule has 1 heterocycles. The lowest BCUT2D eigenvalue weighted by Gasteiger charge is -1.84. The van der Waals surface area contributed by atoms with Crippen molar-refractivity contribution in [3.05, 3.63) is 24.3 Å². The fourth-order valence-electron chi connectivity index (χ4n) is 0.361. The molecule has 41 valence electrons. The summed E-state index contributed by atoms with van der Waals surface area (Å²) in [6.07, 6.45) is 3.73. The van der Waals surface area contributed by atoms with Gasteiger partial charge in [-0.15, -0.1) is 0 Å². The minimum atomic E-state index is -0.543. The van der Waals surface area contributed by atoms with E-state index in [1.807, 2.05) is 0 Å². The van der Waals surface area contributed by atoms with Crippen LogP contribution in [0.25, 0.3) is 0 Å². The molecule has 2 nitrogen and oxygen atoms in total. The molecule has 3 heteroatoms. The molecule has 0 unspecified atom stereocenters. The van der Waals surface area contributed by atoms with Crippen LogP contribution in [-0.4, -0.2) is 9.97 Å². The van der Waals surface area contributed by atoms with Gasteiger partial charge in [-0.1, -0.05) is 0 Å². The van der Waals surface area contributed by atoms with Crippen LogP contribution in [0.5, 0.6) is 0 Å². The highest BCUT2D eigenvalue weighted by Gasteiger charge is 1.86. The molecular weight excluding hydrogens is 107 g/mol. The molecular formula is C5H4FN2. The first-order chi connectivity index (χ1) is 3.93. The average Bonchev–Trinajstić information content (AvgIpc) is 1.90. The van der Waals surface area contributed by atoms with Gasteiger partial charge in [-0.3, -0.25) is 0 Å². The Kier molecular flexibility index (Phi) is 1.51. The highest BCUT2D eigenvalue weighted by Crippen LogP contribution is 1.90. The van der Waals surface area contributed by atoms with Crippen molar-refractivity contribution >= 4 is 0 Å². The van der Waals surface area contributed by atoms with E-state index in [-0.39, 0.29) is 0 Å². The molecule has 0 saturated heterocycles. The zero-order chi connectivity index (χ0) is 5.82. The number of hydrogen-bond acceptors (Lipinski definition) is 2. The first kappa shape index (κ1) is 5.15. The largest absolute Gasteiger partial charge is 0.244 e. The van der Waals surface area contributed by atoms with Gasteiger partial charge in [0.2, 0.25) is 0 Å². The Bertz CT molecular complexity index is 152. The lowest BCUT2D eigenvalue weighted by molar-refractivity contribution is 0.475. The van der Waals surface area contributed by atoms with E-state index in [9.17, 15) is 4.39 Å². The summed E-state index contributed by atoms with van der Waals surface area (Å²) in [6, 6.07) is 1.51. The first-order valence-electron chi connectivity index (χ1n) is 2.17. The lowest BCUT2D eigenvalue weighted by Crippen LogP contribution is -1.84. The Balaban J connectivity index is 2.83. The lowest BCUT2D eigenvalue weighted by atomic mass is 10.4. The molecule has 1 radical (unpaired) electrons. The zero-order valence-electron chi connectivity index (χ0n) is 4.13. The Morgan fingerprint density at radius 3 is 3.00 bits per heavy atom. The summed E-state index contributed by atoms with van der Waals surface area (Å²) in [4.78, 5) is 6.98. The number of halogens is 1. The van der Waals surface area contributed by atoms with E-state index >= 15 is 0 Å². The fourth-order valence-corrected chi connectivity index (χ4v) is 0.361. The number of nitrogens with zero attached hydrogens (tertiary/aromatic N) is 2. The molecule has 0 bridgehead atoms. The second-order valence-corrected chi connectivity index (χ2v) is 1.28. The van der Waals surface area contributed by atoms with Crippen molar-refractivity contribution < 1.29 is 4.39 Å². The van der Waals surface area contributed by atoms with Gasteiger partial charge in [0.25, 0.3) is 0 Å². The molecule has 0 fully saturated rings. The molecule has 1 rings (SSSR count). The first-order valence-corrected chi connectivity index (χ1v) is 2.17. The van der Waals surface area contributed by atoms with Crippen LogP contribution >= 0.6 is 0 Å². The second kappa shape index (κ2) is 2.35. The summed E-state index contributed by atoms with van der Waals surface area (Å²) in [5.74, 6) is 0. The normalized spacial score (nSPS) is 9.12. The predicted octanol–water partition coefficient (Wildman–Crippen LogP) is 0.746. The van der Waals surface area contributed by atoms with Gasteiger partial charge in [0, 0.05) is 6.20 Å². The minimum Gasteiger partial charge on any atom is -0.244 e. The van der Waals surface area contributed by atoms with Gasteiger partial charge in [-0.05, 0) is 6.07 Å². The molecule has 1 aromatic rings. The average molecular weight is 111 g/mol. The van der Waals surface area contributed by atoms with Crippen LogP contribution in [0.15, 0.2) is 12.3 Å². The molecule has 0 aliphatic rings. The third-order valence-corrected chi connectivity index (χ3v) is 0.730. The van der Waals surface area contributed by atoms with E-state index < -0.39 is 6.67 Å². The van der Waals surface area contributed by atoms with Crippen LogP contribution in [0.1, 0.15) is 5.69 Å². The van der Waals surface area contributed by atoms with E-state index in [1.165, 1.54) is 12.3 Å². The third-order valence-electron chi connectivity index (χ3n) is 0.730. The smallest absolute Gasteiger partial charge is 0.198 e. The maximum atomic E-state index is 11.6. The van der Waals surface area contributed by atoms with E-state index in [1.54, 1.807) is 0 Å². The van der Waals surface area contributed by atoms with Crippen LogP contribution in [0, 0.1) is 6.33 Å². The van der Waals surface area contributed by atoms with Crippen LogP contribution in [0.2, 0.25) is 0 Å². The van der Waals surface area contributed by atoms with Crippen LogP contribution in [0.3, 0.4) is 0 Å². The Labute approximate surface area is 46.4 Å². The van der Waals surface area contributed by atoms with E-state index in [2.05, 4.69) is 16.3 Å². The van der Waals surface area contributed by atoms with Crippen LogP contribution < -0.4 is 0 Å². The highest BCUT2D eigenvalue weighted by atomic mass is 19.1. The monoisotopic (exact) mass is 111 g/mol. The fraction of sp³-hybridized carbons (Fsp3) is 0.200. The summed E-state index contributed by atoms with van der Waals surface area (Å²) < 4.78 is 11.6. The summed E-state index contributed by atoms with van der Waals surface area (Å²) >= 11 is 0. The molecule has 0 saturated carbocycles. The molecule has 0 spiro atoms. The number of hydrogen-bond donors (Lipinski definition) is 0. The molecule has 0 aliphatic carbocycles. The highest BCUT2D eigenvalue weighted by molar-refractivity contribution is 4.94. The van der Waals surface area contributed by atoms with Gasteiger partial charge in [0.1, 0.15) is 6.67 Å². The Morgan fingerprint density at radius 2 is 2.62 bits per heavy atom. The maximum Gasteiger partial charge on any atom is 0.198 e. The molecule has 0 aliphatic heterocycles. The number of alkyl halides is 1. The van der Waals surface area contributed by atoms with E-state index in [0.717, 1.165) is 0 Å².